The highest BCUT2D eigenvalue weighted by atomic mass is 32.2. The first kappa shape index (κ1) is 9.94. The van der Waals surface area contributed by atoms with Crippen LogP contribution >= 0.6 is 47.0 Å². The van der Waals surface area contributed by atoms with Gasteiger partial charge in [-0.1, -0.05) is 0 Å². The van der Waals surface area contributed by atoms with E-state index in [4.69, 9.17) is 0 Å². The Morgan fingerprint density at radius 3 is 2.58 bits per heavy atom. The van der Waals surface area contributed by atoms with Crippen molar-refractivity contribution in [3.8, 4) is 0 Å². The van der Waals surface area contributed by atoms with E-state index in [0.29, 0.717) is 0 Å². The molecule has 0 amide bonds. The zero-order valence-corrected chi connectivity index (χ0v) is 10.3. The third-order valence-corrected chi connectivity index (χ3v) is 8.16. The Balaban J connectivity index is 1.58. The van der Waals surface area contributed by atoms with E-state index in [1.165, 1.54) is 34.5 Å². The molecule has 0 saturated carbocycles. The molecule has 2 rings (SSSR count). The lowest BCUT2D eigenvalue weighted by atomic mass is 10.5. The van der Waals surface area contributed by atoms with Crippen LogP contribution in [0.25, 0.3) is 0 Å². The lowest BCUT2D eigenvalue weighted by Gasteiger charge is -2.27. The van der Waals surface area contributed by atoms with Crippen LogP contribution in [0.1, 0.15) is 0 Å². The minimum absolute atomic E-state index is 0.958. The molecule has 0 N–H and O–H groups in total. The van der Waals surface area contributed by atoms with Crippen LogP contribution in [0.5, 0.6) is 0 Å². The Morgan fingerprint density at radius 2 is 2.00 bits per heavy atom. The summed E-state index contributed by atoms with van der Waals surface area (Å²) in [5, 5.41) is 1.96. The standard InChI is InChI=1S/C8H14S4/c1-2-11-8(3-9-1)6-12-7-4-10-5-7/h7-8H,1-6H2. The molecule has 70 valence electrons. The summed E-state index contributed by atoms with van der Waals surface area (Å²) < 4.78 is 0. The zero-order valence-electron chi connectivity index (χ0n) is 7.03. The summed E-state index contributed by atoms with van der Waals surface area (Å²) in [6.07, 6.45) is 0. The summed E-state index contributed by atoms with van der Waals surface area (Å²) in [6.45, 7) is 0. The van der Waals surface area contributed by atoms with E-state index in [2.05, 4.69) is 47.0 Å². The van der Waals surface area contributed by atoms with Crippen molar-refractivity contribution in [2.24, 2.45) is 0 Å². The van der Waals surface area contributed by atoms with Gasteiger partial charge in [-0.05, 0) is 0 Å². The lowest BCUT2D eigenvalue weighted by Crippen LogP contribution is -2.24. The van der Waals surface area contributed by atoms with Crippen molar-refractivity contribution in [3.63, 3.8) is 0 Å². The van der Waals surface area contributed by atoms with Gasteiger partial charge < -0.3 is 0 Å². The minimum atomic E-state index is 0.958. The highest BCUT2D eigenvalue weighted by Crippen LogP contribution is 2.33. The van der Waals surface area contributed by atoms with Gasteiger partial charge in [-0.2, -0.15) is 47.0 Å². The molecule has 0 aliphatic carbocycles. The topological polar surface area (TPSA) is 0 Å². The van der Waals surface area contributed by atoms with Gasteiger partial charge in [-0.25, -0.2) is 0 Å². The predicted octanol–water partition coefficient (Wildman–Crippen LogP) is 2.68. The van der Waals surface area contributed by atoms with Gasteiger partial charge in [0.25, 0.3) is 0 Å². The molecule has 12 heavy (non-hydrogen) atoms. The molecule has 0 spiro atoms. The molecule has 2 saturated heterocycles. The number of thioether (sulfide) groups is 4. The smallest absolute Gasteiger partial charge is 0.0229 e. The molecule has 2 aliphatic rings. The number of hydrogen-bond donors (Lipinski definition) is 0. The Kier molecular flexibility index (Phi) is 4.41. The first-order chi connectivity index (χ1) is 5.95. The van der Waals surface area contributed by atoms with Gasteiger partial charge in [0.2, 0.25) is 0 Å². The fourth-order valence-corrected chi connectivity index (χ4v) is 6.75. The Morgan fingerprint density at radius 1 is 1.08 bits per heavy atom. The summed E-state index contributed by atoms with van der Waals surface area (Å²) >= 11 is 8.65. The van der Waals surface area contributed by atoms with Gasteiger partial charge in [0.05, 0.1) is 0 Å². The molecule has 2 fully saturated rings. The van der Waals surface area contributed by atoms with Crippen molar-refractivity contribution in [1.82, 2.24) is 0 Å². The molecule has 1 unspecified atom stereocenters. The Labute approximate surface area is 91.8 Å². The van der Waals surface area contributed by atoms with Gasteiger partial charge in [0, 0.05) is 45.0 Å². The Hall–Kier alpha value is 1.40. The molecule has 2 aliphatic heterocycles. The molecule has 2 heterocycles. The summed E-state index contributed by atoms with van der Waals surface area (Å²) in [5.41, 5.74) is 0. The zero-order chi connectivity index (χ0) is 8.23. The average molecular weight is 238 g/mol. The van der Waals surface area contributed by atoms with Crippen molar-refractivity contribution >= 4 is 47.0 Å². The summed E-state index contributed by atoms with van der Waals surface area (Å²) in [7, 11) is 0. The third kappa shape index (κ3) is 2.96. The third-order valence-electron chi connectivity index (χ3n) is 2.01. The van der Waals surface area contributed by atoms with Crippen LogP contribution in [0.15, 0.2) is 0 Å². The van der Waals surface area contributed by atoms with E-state index in [1.54, 1.807) is 0 Å². The first-order valence-electron chi connectivity index (χ1n) is 4.34. The van der Waals surface area contributed by atoms with E-state index < -0.39 is 0 Å². The van der Waals surface area contributed by atoms with Crippen LogP contribution in [0, 0.1) is 0 Å². The molecular formula is C8H14S4. The van der Waals surface area contributed by atoms with Crippen LogP contribution < -0.4 is 0 Å². The van der Waals surface area contributed by atoms with Gasteiger partial charge in [-0.15, -0.1) is 0 Å². The predicted molar refractivity (Wildman–Crippen MR) is 67.1 cm³/mol. The van der Waals surface area contributed by atoms with E-state index in [0.717, 1.165) is 10.5 Å². The quantitative estimate of drug-likeness (QED) is 0.741. The van der Waals surface area contributed by atoms with Crippen LogP contribution in [-0.2, 0) is 0 Å². The van der Waals surface area contributed by atoms with Crippen molar-refractivity contribution in [2.75, 3.05) is 34.5 Å². The van der Waals surface area contributed by atoms with Crippen molar-refractivity contribution in [3.05, 3.63) is 0 Å². The maximum atomic E-state index is 2.21. The van der Waals surface area contributed by atoms with Crippen LogP contribution in [0.2, 0.25) is 0 Å². The van der Waals surface area contributed by atoms with Crippen molar-refractivity contribution < 1.29 is 0 Å². The SMILES string of the molecule is C1CSC(CSC2CSC2)CS1. The molecule has 1 atom stereocenters. The maximum absolute atomic E-state index is 2.21. The second-order valence-electron chi connectivity index (χ2n) is 3.06. The van der Waals surface area contributed by atoms with Crippen molar-refractivity contribution in [1.29, 1.82) is 0 Å². The normalized spacial score (nSPS) is 31.5. The highest BCUT2D eigenvalue weighted by molar-refractivity contribution is 8.09. The molecule has 0 aromatic heterocycles. The average Bonchev–Trinajstić information content (AvgIpc) is 2.04. The molecule has 0 radical (unpaired) electrons. The second-order valence-corrected chi connectivity index (χ2v) is 8.03. The van der Waals surface area contributed by atoms with Gasteiger partial charge in [0.1, 0.15) is 0 Å². The second kappa shape index (κ2) is 5.32. The van der Waals surface area contributed by atoms with Gasteiger partial charge in [-0.3, -0.25) is 0 Å². The van der Waals surface area contributed by atoms with Gasteiger partial charge in [0.15, 0.2) is 0 Å². The van der Waals surface area contributed by atoms with Crippen LogP contribution in [-0.4, -0.2) is 45.0 Å². The van der Waals surface area contributed by atoms with E-state index in [-0.39, 0.29) is 0 Å². The Bertz CT molecular complexity index is 129. The summed E-state index contributed by atoms with van der Waals surface area (Å²) in [6, 6.07) is 0. The van der Waals surface area contributed by atoms with E-state index in [1.807, 2.05) is 0 Å². The number of rotatable bonds is 3. The monoisotopic (exact) mass is 238 g/mol. The molecular weight excluding hydrogens is 224 g/mol. The number of hydrogen-bond acceptors (Lipinski definition) is 4. The molecule has 0 aromatic carbocycles. The largest absolute Gasteiger partial charge is 0.160 e. The van der Waals surface area contributed by atoms with Crippen LogP contribution in [0.3, 0.4) is 0 Å². The van der Waals surface area contributed by atoms with E-state index in [9.17, 15) is 0 Å². The van der Waals surface area contributed by atoms with Gasteiger partial charge >= 0.3 is 0 Å². The molecule has 0 aromatic rings. The summed E-state index contributed by atoms with van der Waals surface area (Å²) in [4.78, 5) is 0. The molecule has 4 heteroatoms. The highest BCUT2D eigenvalue weighted by Gasteiger charge is 2.21. The van der Waals surface area contributed by atoms with Crippen LogP contribution in [0.4, 0.5) is 0 Å². The van der Waals surface area contributed by atoms with Crippen molar-refractivity contribution in [2.45, 2.75) is 10.5 Å². The maximum Gasteiger partial charge on any atom is 0.0229 e. The fourth-order valence-electron chi connectivity index (χ4n) is 1.19. The first-order valence-corrected chi connectivity index (χ1v) is 8.74. The minimum Gasteiger partial charge on any atom is -0.160 e. The van der Waals surface area contributed by atoms with E-state index >= 15 is 0 Å². The molecule has 0 bridgehead atoms. The summed E-state index contributed by atoms with van der Waals surface area (Å²) in [5.74, 6) is 8.39. The lowest BCUT2D eigenvalue weighted by molar-refractivity contribution is 1.06. The molecule has 0 nitrogen and oxygen atoms in total. The fraction of sp³-hybridized carbons (Fsp3) is 1.00.